The summed E-state index contributed by atoms with van der Waals surface area (Å²) in [6, 6.07) is 1.95. The second-order valence-electron chi connectivity index (χ2n) is 5.98. The zero-order chi connectivity index (χ0) is 15.2. The van der Waals surface area contributed by atoms with E-state index in [1.54, 1.807) is 0 Å². The van der Waals surface area contributed by atoms with Gasteiger partial charge in [-0.05, 0) is 25.8 Å². The highest BCUT2D eigenvalue weighted by atomic mass is 16.5. The Balaban J connectivity index is 1.69. The Morgan fingerprint density at radius 1 is 1.57 bits per heavy atom. The lowest BCUT2D eigenvalue weighted by Crippen LogP contribution is -2.38. The van der Waals surface area contributed by atoms with Crippen molar-refractivity contribution in [2.24, 2.45) is 0 Å². The Bertz CT molecular complexity index is 453. The first kappa shape index (κ1) is 16.0. The van der Waals surface area contributed by atoms with Crippen LogP contribution in [-0.4, -0.2) is 48.8 Å². The molecule has 118 valence electrons. The Hall–Kier alpha value is -1.40. The van der Waals surface area contributed by atoms with Crippen LogP contribution in [0.4, 0.5) is 0 Å². The molecule has 0 spiro atoms. The van der Waals surface area contributed by atoms with Crippen molar-refractivity contribution in [2.75, 3.05) is 26.7 Å². The minimum absolute atomic E-state index is 0.0107. The molecule has 1 unspecified atom stereocenters. The maximum atomic E-state index is 11.9. The average molecular weight is 295 g/mol. The van der Waals surface area contributed by atoms with Gasteiger partial charge < -0.3 is 14.6 Å². The second-order valence-corrected chi connectivity index (χ2v) is 5.98. The van der Waals surface area contributed by atoms with Crippen molar-refractivity contribution >= 4 is 5.91 Å². The molecule has 1 amide bonds. The average Bonchev–Trinajstić information content (AvgIpc) is 3.06. The standard InChI is InChI=1S/C15H25N3O3/c1-11(2)14-7-13(21-17-14)9-18(3)10-15(19)16-8-12-5-4-6-20-12/h7,11-12H,4-6,8-10H2,1-3H3,(H,16,19). The van der Waals surface area contributed by atoms with Gasteiger partial charge in [-0.3, -0.25) is 9.69 Å². The molecule has 1 aliphatic heterocycles. The van der Waals surface area contributed by atoms with Gasteiger partial charge in [0.25, 0.3) is 0 Å². The smallest absolute Gasteiger partial charge is 0.234 e. The van der Waals surface area contributed by atoms with Crippen LogP contribution in [-0.2, 0) is 16.1 Å². The summed E-state index contributed by atoms with van der Waals surface area (Å²) in [7, 11) is 1.89. The molecule has 2 heterocycles. The summed E-state index contributed by atoms with van der Waals surface area (Å²) in [5, 5.41) is 6.93. The van der Waals surface area contributed by atoms with Crippen LogP contribution < -0.4 is 5.32 Å². The Morgan fingerprint density at radius 3 is 3.00 bits per heavy atom. The fourth-order valence-corrected chi connectivity index (χ4v) is 2.33. The largest absolute Gasteiger partial charge is 0.376 e. The number of amides is 1. The summed E-state index contributed by atoms with van der Waals surface area (Å²) in [5.41, 5.74) is 0.946. The van der Waals surface area contributed by atoms with E-state index in [-0.39, 0.29) is 12.0 Å². The van der Waals surface area contributed by atoms with E-state index in [1.807, 2.05) is 18.0 Å². The molecule has 6 heteroatoms. The Kier molecular flexibility index (Phi) is 5.76. The van der Waals surface area contributed by atoms with Crippen LogP contribution in [0.1, 0.15) is 44.1 Å². The molecule has 1 saturated heterocycles. The van der Waals surface area contributed by atoms with Crippen LogP contribution >= 0.6 is 0 Å². The maximum Gasteiger partial charge on any atom is 0.234 e. The van der Waals surface area contributed by atoms with Crippen molar-refractivity contribution in [3.8, 4) is 0 Å². The van der Waals surface area contributed by atoms with Gasteiger partial charge in [0.15, 0.2) is 5.76 Å². The summed E-state index contributed by atoms with van der Waals surface area (Å²) in [5.74, 6) is 1.15. The van der Waals surface area contributed by atoms with E-state index in [0.717, 1.165) is 30.9 Å². The van der Waals surface area contributed by atoms with Gasteiger partial charge in [0.05, 0.1) is 24.9 Å². The van der Waals surface area contributed by atoms with Gasteiger partial charge in [-0.25, -0.2) is 0 Å². The predicted octanol–water partition coefficient (Wildman–Crippen LogP) is 1.52. The molecule has 21 heavy (non-hydrogen) atoms. The highest BCUT2D eigenvalue weighted by Gasteiger charge is 2.17. The molecule has 6 nitrogen and oxygen atoms in total. The maximum absolute atomic E-state index is 11.9. The van der Waals surface area contributed by atoms with Crippen LogP contribution in [0.3, 0.4) is 0 Å². The molecule has 0 aromatic carbocycles. The van der Waals surface area contributed by atoms with E-state index in [4.69, 9.17) is 9.26 Å². The van der Waals surface area contributed by atoms with E-state index < -0.39 is 0 Å². The third-order valence-corrected chi connectivity index (χ3v) is 3.56. The van der Waals surface area contributed by atoms with Gasteiger partial charge in [-0.15, -0.1) is 0 Å². The molecular weight excluding hydrogens is 270 g/mol. The number of ether oxygens (including phenoxy) is 1. The number of aromatic nitrogens is 1. The molecule has 2 rings (SSSR count). The third-order valence-electron chi connectivity index (χ3n) is 3.56. The Morgan fingerprint density at radius 2 is 2.38 bits per heavy atom. The van der Waals surface area contributed by atoms with Crippen LogP contribution in [0.5, 0.6) is 0 Å². The summed E-state index contributed by atoms with van der Waals surface area (Å²) in [6.07, 6.45) is 2.30. The monoisotopic (exact) mass is 295 g/mol. The van der Waals surface area contributed by atoms with Crippen molar-refractivity contribution in [2.45, 2.75) is 45.3 Å². The summed E-state index contributed by atoms with van der Waals surface area (Å²) < 4.78 is 10.8. The van der Waals surface area contributed by atoms with Crippen LogP contribution in [0, 0.1) is 0 Å². The molecule has 1 aromatic heterocycles. The molecule has 0 saturated carbocycles. The zero-order valence-electron chi connectivity index (χ0n) is 13.1. The lowest BCUT2D eigenvalue weighted by Gasteiger charge is -2.16. The molecule has 0 bridgehead atoms. The van der Waals surface area contributed by atoms with Crippen molar-refractivity contribution in [1.29, 1.82) is 0 Å². The zero-order valence-corrected chi connectivity index (χ0v) is 13.1. The van der Waals surface area contributed by atoms with Crippen LogP contribution in [0.15, 0.2) is 10.6 Å². The van der Waals surface area contributed by atoms with Gasteiger partial charge in [0.2, 0.25) is 5.91 Å². The number of hydrogen-bond acceptors (Lipinski definition) is 5. The van der Waals surface area contributed by atoms with E-state index in [1.165, 1.54) is 0 Å². The summed E-state index contributed by atoms with van der Waals surface area (Å²) >= 11 is 0. The second kappa shape index (κ2) is 7.56. The number of nitrogens with zero attached hydrogens (tertiary/aromatic N) is 2. The van der Waals surface area contributed by atoms with Gasteiger partial charge in [0.1, 0.15) is 0 Å². The van der Waals surface area contributed by atoms with E-state index in [2.05, 4.69) is 24.3 Å². The molecule has 1 N–H and O–H groups in total. The number of rotatable bonds is 7. The first-order valence-electron chi connectivity index (χ1n) is 7.57. The summed E-state index contributed by atoms with van der Waals surface area (Å²) in [6.45, 7) is 6.47. The Labute approximate surface area is 125 Å². The number of carbonyl (C=O) groups is 1. The van der Waals surface area contributed by atoms with E-state index in [0.29, 0.717) is 25.6 Å². The first-order chi connectivity index (χ1) is 10.0. The first-order valence-corrected chi connectivity index (χ1v) is 7.57. The fraction of sp³-hybridized carbons (Fsp3) is 0.733. The number of hydrogen-bond donors (Lipinski definition) is 1. The molecule has 1 atom stereocenters. The quantitative estimate of drug-likeness (QED) is 0.826. The molecule has 0 radical (unpaired) electrons. The van der Waals surface area contributed by atoms with E-state index in [9.17, 15) is 4.79 Å². The fourth-order valence-electron chi connectivity index (χ4n) is 2.33. The molecule has 1 aliphatic rings. The van der Waals surface area contributed by atoms with Crippen molar-refractivity contribution in [3.63, 3.8) is 0 Å². The number of carbonyl (C=O) groups excluding carboxylic acids is 1. The molecule has 1 fully saturated rings. The van der Waals surface area contributed by atoms with Crippen molar-refractivity contribution in [3.05, 3.63) is 17.5 Å². The highest BCUT2D eigenvalue weighted by molar-refractivity contribution is 5.77. The van der Waals surface area contributed by atoms with Gasteiger partial charge in [-0.2, -0.15) is 0 Å². The van der Waals surface area contributed by atoms with Gasteiger partial charge >= 0.3 is 0 Å². The molecule has 1 aromatic rings. The third kappa shape index (κ3) is 5.13. The minimum Gasteiger partial charge on any atom is -0.376 e. The van der Waals surface area contributed by atoms with Crippen LogP contribution in [0.2, 0.25) is 0 Å². The minimum atomic E-state index is 0.0107. The highest BCUT2D eigenvalue weighted by Crippen LogP contribution is 2.15. The van der Waals surface area contributed by atoms with Crippen molar-refractivity contribution < 1.29 is 14.1 Å². The van der Waals surface area contributed by atoms with Crippen molar-refractivity contribution in [1.82, 2.24) is 15.4 Å². The number of nitrogens with one attached hydrogen (secondary N) is 1. The van der Waals surface area contributed by atoms with Gasteiger partial charge in [0, 0.05) is 19.2 Å². The number of likely N-dealkylation sites (N-methyl/N-ethyl adjacent to an activating group) is 1. The lowest BCUT2D eigenvalue weighted by atomic mass is 10.1. The SMILES string of the molecule is CC(C)c1cc(CN(C)CC(=O)NCC2CCCO2)on1. The molecule has 0 aliphatic carbocycles. The summed E-state index contributed by atoms with van der Waals surface area (Å²) in [4.78, 5) is 13.8. The normalized spacial score (nSPS) is 18.6. The topological polar surface area (TPSA) is 67.6 Å². The predicted molar refractivity (Wildman–Crippen MR) is 78.9 cm³/mol. The molecular formula is C15H25N3O3. The van der Waals surface area contributed by atoms with E-state index >= 15 is 0 Å². The lowest BCUT2D eigenvalue weighted by molar-refractivity contribution is -0.122. The van der Waals surface area contributed by atoms with Gasteiger partial charge in [-0.1, -0.05) is 19.0 Å². The van der Waals surface area contributed by atoms with Crippen LogP contribution in [0.25, 0.3) is 0 Å².